The highest BCUT2D eigenvalue weighted by molar-refractivity contribution is 6.00. The van der Waals surface area contributed by atoms with Crippen LogP contribution in [0.2, 0.25) is 0 Å². The van der Waals surface area contributed by atoms with Gasteiger partial charge in [0, 0.05) is 24.0 Å². The molecule has 0 saturated carbocycles. The second-order valence-corrected chi connectivity index (χ2v) is 4.44. The van der Waals surface area contributed by atoms with Gasteiger partial charge in [-0.15, -0.1) is 0 Å². The van der Waals surface area contributed by atoms with Crippen molar-refractivity contribution in [2.24, 2.45) is 5.73 Å². The Hall–Kier alpha value is -1.94. The lowest BCUT2D eigenvalue weighted by atomic mass is 10.1. The van der Waals surface area contributed by atoms with E-state index in [1.807, 2.05) is 37.3 Å². The van der Waals surface area contributed by atoms with Crippen molar-refractivity contribution >= 4 is 22.5 Å². The van der Waals surface area contributed by atoms with Gasteiger partial charge in [-0.3, -0.25) is 9.78 Å². The van der Waals surface area contributed by atoms with E-state index < -0.39 is 0 Å². The molecule has 94 valence electrons. The number of nitrogens with two attached hydrogens (primary N) is 1. The molecule has 0 spiro atoms. The Morgan fingerprint density at radius 1 is 1.39 bits per heavy atom. The van der Waals surface area contributed by atoms with Crippen LogP contribution < -0.4 is 11.1 Å². The lowest BCUT2D eigenvalue weighted by molar-refractivity contribution is -0.116. The van der Waals surface area contributed by atoms with Gasteiger partial charge in [-0.2, -0.15) is 0 Å². The van der Waals surface area contributed by atoms with Gasteiger partial charge in [-0.25, -0.2) is 0 Å². The lowest BCUT2D eigenvalue weighted by Gasteiger charge is -2.09. The van der Waals surface area contributed by atoms with Crippen LogP contribution in [0.25, 0.3) is 10.9 Å². The zero-order chi connectivity index (χ0) is 13.0. The molecule has 1 amide bonds. The van der Waals surface area contributed by atoms with E-state index in [0.29, 0.717) is 12.8 Å². The quantitative estimate of drug-likeness (QED) is 0.865. The number of carbonyl (C=O) groups is 1. The third kappa shape index (κ3) is 3.05. The van der Waals surface area contributed by atoms with Crippen molar-refractivity contribution in [3.8, 4) is 0 Å². The SMILES string of the molecule is CC(N)CCC(=O)Nc1cccc2ncccc12. The fourth-order valence-electron chi connectivity index (χ4n) is 1.78. The fraction of sp³-hybridized carbons (Fsp3) is 0.286. The van der Waals surface area contributed by atoms with Crippen molar-refractivity contribution in [2.75, 3.05) is 5.32 Å². The van der Waals surface area contributed by atoms with Gasteiger partial charge in [0.2, 0.25) is 5.91 Å². The summed E-state index contributed by atoms with van der Waals surface area (Å²) in [6.45, 7) is 1.90. The molecule has 4 heteroatoms. The van der Waals surface area contributed by atoms with Crippen LogP contribution >= 0.6 is 0 Å². The van der Waals surface area contributed by atoms with Crippen LogP contribution in [0.15, 0.2) is 36.5 Å². The Labute approximate surface area is 106 Å². The van der Waals surface area contributed by atoms with Crippen molar-refractivity contribution in [3.05, 3.63) is 36.5 Å². The molecule has 4 nitrogen and oxygen atoms in total. The van der Waals surface area contributed by atoms with E-state index in [1.165, 1.54) is 0 Å². The smallest absolute Gasteiger partial charge is 0.224 e. The molecule has 0 fully saturated rings. The molecule has 1 heterocycles. The van der Waals surface area contributed by atoms with Crippen LogP contribution in [0.5, 0.6) is 0 Å². The summed E-state index contributed by atoms with van der Waals surface area (Å²) >= 11 is 0. The lowest BCUT2D eigenvalue weighted by Crippen LogP contribution is -2.19. The summed E-state index contributed by atoms with van der Waals surface area (Å²) in [5, 5.41) is 3.86. The highest BCUT2D eigenvalue weighted by Crippen LogP contribution is 2.21. The number of carbonyl (C=O) groups excluding carboxylic acids is 1. The Balaban J connectivity index is 2.14. The number of pyridine rings is 1. The summed E-state index contributed by atoms with van der Waals surface area (Å²) in [6.07, 6.45) is 2.87. The molecule has 1 unspecified atom stereocenters. The normalized spacial score (nSPS) is 12.3. The molecule has 0 bridgehead atoms. The molecule has 1 aromatic heterocycles. The number of hydrogen-bond acceptors (Lipinski definition) is 3. The van der Waals surface area contributed by atoms with E-state index in [9.17, 15) is 4.79 Å². The Bertz CT molecular complexity index is 546. The number of nitrogens with one attached hydrogen (secondary N) is 1. The average molecular weight is 243 g/mol. The minimum Gasteiger partial charge on any atom is -0.328 e. The fourth-order valence-corrected chi connectivity index (χ4v) is 1.78. The minimum absolute atomic E-state index is 0.0105. The second-order valence-electron chi connectivity index (χ2n) is 4.44. The number of rotatable bonds is 4. The molecular formula is C14H17N3O. The summed E-state index contributed by atoms with van der Waals surface area (Å²) in [5.41, 5.74) is 7.31. The number of hydrogen-bond donors (Lipinski definition) is 2. The maximum Gasteiger partial charge on any atom is 0.224 e. The highest BCUT2D eigenvalue weighted by atomic mass is 16.1. The number of anilines is 1. The van der Waals surface area contributed by atoms with Crippen LogP contribution in [0, 0.1) is 0 Å². The first-order chi connectivity index (χ1) is 8.66. The first-order valence-electron chi connectivity index (χ1n) is 6.06. The van der Waals surface area contributed by atoms with Gasteiger partial charge in [0.25, 0.3) is 0 Å². The van der Waals surface area contributed by atoms with E-state index in [4.69, 9.17) is 5.73 Å². The predicted molar refractivity (Wildman–Crippen MR) is 73.3 cm³/mol. The van der Waals surface area contributed by atoms with Gasteiger partial charge in [-0.1, -0.05) is 6.07 Å². The van der Waals surface area contributed by atoms with Crippen molar-refractivity contribution in [3.63, 3.8) is 0 Å². The summed E-state index contributed by atoms with van der Waals surface area (Å²) in [4.78, 5) is 16.0. The van der Waals surface area contributed by atoms with Gasteiger partial charge in [0.15, 0.2) is 0 Å². The zero-order valence-corrected chi connectivity index (χ0v) is 10.4. The molecule has 0 aliphatic carbocycles. The maximum atomic E-state index is 11.8. The van der Waals surface area contributed by atoms with Crippen LogP contribution in [0.3, 0.4) is 0 Å². The molecule has 0 aliphatic heterocycles. The molecule has 1 aromatic carbocycles. The molecule has 18 heavy (non-hydrogen) atoms. The summed E-state index contributed by atoms with van der Waals surface area (Å²) in [7, 11) is 0. The monoisotopic (exact) mass is 243 g/mol. The van der Waals surface area contributed by atoms with Crippen LogP contribution in [-0.2, 0) is 4.79 Å². The molecule has 0 aliphatic rings. The van der Waals surface area contributed by atoms with Crippen LogP contribution in [0.4, 0.5) is 5.69 Å². The maximum absolute atomic E-state index is 11.8. The molecular weight excluding hydrogens is 226 g/mol. The topological polar surface area (TPSA) is 68.0 Å². The van der Waals surface area contributed by atoms with Crippen molar-refractivity contribution < 1.29 is 4.79 Å². The summed E-state index contributed by atoms with van der Waals surface area (Å²) in [6, 6.07) is 9.55. The second kappa shape index (κ2) is 5.60. The number of benzene rings is 1. The van der Waals surface area contributed by atoms with Gasteiger partial charge < -0.3 is 11.1 Å². The van der Waals surface area contributed by atoms with E-state index in [1.54, 1.807) is 6.20 Å². The first-order valence-corrected chi connectivity index (χ1v) is 6.06. The third-order valence-corrected chi connectivity index (χ3v) is 2.75. The highest BCUT2D eigenvalue weighted by Gasteiger charge is 2.06. The Morgan fingerprint density at radius 3 is 3.00 bits per heavy atom. The molecule has 2 aromatic rings. The van der Waals surface area contributed by atoms with Gasteiger partial charge in [0.1, 0.15) is 0 Å². The van der Waals surface area contributed by atoms with Gasteiger partial charge in [-0.05, 0) is 37.6 Å². The largest absolute Gasteiger partial charge is 0.328 e. The summed E-state index contributed by atoms with van der Waals surface area (Å²) < 4.78 is 0. The molecule has 0 radical (unpaired) electrons. The van der Waals surface area contributed by atoms with Crippen LogP contribution in [0.1, 0.15) is 19.8 Å². The van der Waals surface area contributed by atoms with E-state index in [0.717, 1.165) is 16.6 Å². The number of fused-ring (bicyclic) bond motifs is 1. The van der Waals surface area contributed by atoms with E-state index >= 15 is 0 Å². The first kappa shape index (κ1) is 12.5. The molecule has 0 saturated heterocycles. The minimum atomic E-state index is -0.0105. The Kier molecular flexibility index (Phi) is 3.89. The predicted octanol–water partition coefficient (Wildman–Crippen LogP) is 2.30. The van der Waals surface area contributed by atoms with Crippen molar-refractivity contribution in [1.82, 2.24) is 4.98 Å². The molecule has 2 rings (SSSR count). The zero-order valence-electron chi connectivity index (χ0n) is 10.4. The summed E-state index contributed by atoms with van der Waals surface area (Å²) in [5.74, 6) is -0.0105. The molecule has 1 atom stereocenters. The van der Waals surface area contributed by atoms with Crippen LogP contribution in [-0.4, -0.2) is 16.9 Å². The Morgan fingerprint density at radius 2 is 2.22 bits per heavy atom. The van der Waals surface area contributed by atoms with Gasteiger partial charge >= 0.3 is 0 Å². The number of aromatic nitrogens is 1. The third-order valence-electron chi connectivity index (χ3n) is 2.75. The van der Waals surface area contributed by atoms with Gasteiger partial charge in [0.05, 0.1) is 11.2 Å². The number of nitrogens with zero attached hydrogens (tertiary/aromatic N) is 1. The van der Waals surface area contributed by atoms with Crippen molar-refractivity contribution in [2.45, 2.75) is 25.8 Å². The van der Waals surface area contributed by atoms with Crippen molar-refractivity contribution in [1.29, 1.82) is 0 Å². The number of amides is 1. The average Bonchev–Trinajstić information content (AvgIpc) is 2.37. The van der Waals surface area contributed by atoms with E-state index in [-0.39, 0.29) is 11.9 Å². The molecule has 3 N–H and O–H groups in total. The standard InChI is InChI=1S/C14H17N3O/c1-10(15)7-8-14(18)17-13-6-2-5-12-11(13)4-3-9-16-12/h2-6,9-10H,7-8,15H2,1H3,(H,17,18). The van der Waals surface area contributed by atoms with E-state index in [2.05, 4.69) is 10.3 Å².